The molecule has 11 heteroatoms. The number of sulfone groups is 1. The van der Waals surface area contributed by atoms with Crippen LogP contribution in [-0.4, -0.2) is 44.7 Å². The van der Waals surface area contributed by atoms with E-state index in [1.54, 1.807) is 0 Å². The Morgan fingerprint density at radius 1 is 1.16 bits per heavy atom. The minimum atomic E-state index is -4.76. The van der Waals surface area contributed by atoms with Crippen LogP contribution >= 0.6 is 0 Å². The average Bonchev–Trinajstić information content (AvgIpc) is 3.36. The molecular weight excluding hydrogens is 362 g/mol. The lowest BCUT2D eigenvalue weighted by atomic mass is 10.2. The van der Waals surface area contributed by atoms with Crippen LogP contribution in [0.3, 0.4) is 0 Å². The van der Waals surface area contributed by atoms with Crippen molar-refractivity contribution >= 4 is 27.7 Å². The van der Waals surface area contributed by atoms with Crippen LogP contribution in [0.15, 0.2) is 29.2 Å². The Morgan fingerprint density at radius 2 is 1.76 bits per heavy atom. The van der Waals surface area contributed by atoms with Crippen LogP contribution in [-0.2, 0) is 19.4 Å². The van der Waals surface area contributed by atoms with E-state index in [1.807, 2.05) is 5.32 Å². The SMILES string of the molecule is O=C(COC(=O)c1ccc(S(=O)(=O)C(F)F)cc1)NC(=O)NC1CC1. The molecule has 0 saturated heterocycles. The number of hydrogen-bond acceptors (Lipinski definition) is 6. The van der Waals surface area contributed by atoms with Crippen LogP contribution in [0.1, 0.15) is 23.2 Å². The van der Waals surface area contributed by atoms with E-state index in [4.69, 9.17) is 0 Å². The van der Waals surface area contributed by atoms with E-state index in [2.05, 4.69) is 10.1 Å². The van der Waals surface area contributed by atoms with Crippen molar-refractivity contribution in [3.05, 3.63) is 29.8 Å². The van der Waals surface area contributed by atoms with E-state index in [-0.39, 0.29) is 11.6 Å². The van der Waals surface area contributed by atoms with Crippen LogP contribution in [0, 0.1) is 0 Å². The lowest BCUT2D eigenvalue weighted by Gasteiger charge is -2.07. The Balaban J connectivity index is 1.86. The zero-order valence-electron chi connectivity index (χ0n) is 12.7. The molecule has 3 amide bonds. The van der Waals surface area contributed by atoms with Crippen molar-refractivity contribution in [2.45, 2.75) is 29.5 Å². The van der Waals surface area contributed by atoms with Crippen molar-refractivity contribution in [3.63, 3.8) is 0 Å². The van der Waals surface area contributed by atoms with E-state index in [9.17, 15) is 31.6 Å². The minimum Gasteiger partial charge on any atom is -0.452 e. The number of esters is 1. The highest BCUT2D eigenvalue weighted by atomic mass is 32.2. The third kappa shape index (κ3) is 5.21. The van der Waals surface area contributed by atoms with E-state index < -0.39 is 45.0 Å². The molecule has 1 fully saturated rings. The van der Waals surface area contributed by atoms with Crippen molar-refractivity contribution in [2.75, 3.05) is 6.61 Å². The number of halogens is 2. The van der Waals surface area contributed by atoms with E-state index >= 15 is 0 Å². The first-order chi connectivity index (χ1) is 11.7. The van der Waals surface area contributed by atoms with Crippen molar-refractivity contribution < 1.29 is 36.3 Å². The van der Waals surface area contributed by atoms with Crippen molar-refractivity contribution in [1.29, 1.82) is 0 Å². The van der Waals surface area contributed by atoms with Gasteiger partial charge in [0.15, 0.2) is 6.61 Å². The number of imide groups is 1. The molecule has 2 rings (SSSR count). The number of rotatable bonds is 6. The average molecular weight is 376 g/mol. The van der Waals surface area contributed by atoms with E-state index in [1.165, 1.54) is 0 Å². The molecule has 136 valence electrons. The quantitative estimate of drug-likeness (QED) is 0.710. The summed E-state index contributed by atoms with van der Waals surface area (Å²) >= 11 is 0. The monoisotopic (exact) mass is 376 g/mol. The molecule has 0 radical (unpaired) electrons. The van der Waals surface area contributed by atoms with Gasteiger partial charge in [-0.1, -0.05) is 0 Å². The van der Waals surface area contributed by atoms with Gasteiger partial charge in [0.05, 0.1) is 10.5 Å². The zero-order chi connectivity index (χ0) is 18.6. The summed E-state index contributed by atoms with van der Waals surface area (Å²) in [5.74, 6) is -5.39. The van der Waals surface area contributed by atoms with Gasteiger partial charge in [0.1, 0.15) is 0 Å². The molecule has 0 atom stereocenters. The zero-order valence-corrected chi connectivity index (χ0v) is 13.5. The second-order valence-electron chi connectivity index (χ2n) is 5.20. The largest absolute Gasteiger partial charge is 0.452 e. The summed E-state index contributed by atoms with van der Waals surface area (Å²) in [5.41, 5.74) is -0.136. The first-order valence-electron chi connectivity index (χ1n) is 7.09. The molecule has 0 bridgehead atoms. The molecule has 2 N–H and O–H groups in total. The number of benzene rings is 1. The number of nitrogens with one attached hydrogen (secondary N) is 2. The number of hydrogen-bond donors (Lipinski definition) is 2. The fourth-order valence-electron chi connectivity index (χ4n) is 1.71. The minimum absolute atomic E-state index is 0.0541. The topological polar surface area (TPSA) is 119 Å². The van der Waals surface area contributed by atoms with Crippen LogP contribution in [0.5, 0.6) is 0 Å². The molecule has 1 aliphatic rings. The number of alkyl halides is 2. The van der Waals surface area contributed by atoms with Gasteiger partial charge in [-0.05, 0) is 37.1 Å². The molecule has 1 aromatic carbocycles. The maximum absolute atomic E-state index is 12.4. The second-order valence-corrected chi connectivity index (χ2v) is 7.12. The van der Waals surface area contributed by atoms with Crippen LogP contribution in [0.25, 0.3) is 0 Å². The Labute approximate surface area is 141 Å². The second kappa shape index (κ2) is 7.55. The van der Waals surface area contributed by atoms with Crippen molar-refractivity contribution in [2.24, 2.45) is 0 Å². The standard InChI is InChI=1S/C14H14F2N2O6S/c15-13(16)25(22,23)10-5-1-8(2-6-10)12(20)24-7-11(19)18-14(21)17-9-3-4-9/h1-2,5-6,9,13H,3-4,7H2,(H2,17,18,19,21). The molecule has 0 aliphatic heterocycles. The van der Waals surface area contributed by atoms with Gasteiger partial charge in [-0.2, -0.15) is 8.78 Å². The normalized spacial score (nSPS) is 14.0. The van der Waals surface area contributed by atoms with Crippen molar-refractivity contribution in [3.8, 4) is 0 Å². The number of ether oxygens (including phenoxy) is 1. The molecule has 1 saturated carbocycles. The van der Waals surface area contributed by atoms with Gasteiger partial charge in [0.2, 0.25) is 9.84 Å². The summed E-state index contributed by atoms with van der Waals surface area (Å²) in [6.45, 7) is -0.728. The summed E-state index contributed by atoms with van der Waals surface area (Å²) in [4.78, 5) is 33.8. The van der Waals surface area contributed by atoms with Gasteiger partial charge in [0, 0.05) is 6.04 Å². The number of urea groups is 1. The van der Waals surface area contributed by atoms with Gasteiger partial charge in [-0.3, -0.25) is 10.1 Å². The lowest BCUT2D eigenvalue weighted by molar-refractivity contribution is -0.123. The first kappa shape index (κ1) is 18.8. The molecule has 1 aliphatic carbocycles. The molecule has 8 nitrogen and oxygen atoms in total. The lowest BCUT2D eigenvalue weighted by Crippen LogP contribution is -2.42. The fourth-order valence-corrected chi connectivity index (χ4v) is 2.43. The predicted octanol–water partition coefficient (Wildman–Crippen LogP) is 0.828. The predicted molar refractivity (Wildman–Crippen MR) is 79.6 cm³/mol. The van der Waals surface area contributed by atoms with Gasteiger partial charge >= 0.3 is 17.8 Å². The number of amides is 3. The third-order valence-electron chi connectivity index (χ3n) is 3.15. The van der Waals surface area contributed by atoms with Crippen molar-refractivity contribution in [1.82, 2.24) is 10.6 Å². The Bertz CT molecular complexity index is 775. The summed E-state index contributed by atoms with van der Waals surface area (Å²) in [7, 11) is -4.76. The highest BCUT2D eigenvalue weighted by Crippen LogP contribution is 2.19. The van der Waals surface area contributed by atoms with Crippen LogP contribution in [0.4, 0.5) is 13.6 Å². The Kier molecular flexibility index (Phi) is 5.67. The highest BCUT2D eigenvalue weighted by molar-refractivity contribution is 7.91. The fraction of sp³-hybridized carbons (Fsp3) is 0.357. The van der Waals surface area contributed by atoms with E-state index in [0.717, 1.165) is 37.1 Å². The van der Waals surface area contributed by atoms with Crippen LogP contribution in [0.2, 0.25) is 0 Å². The molecule has 1 aromatic rings. The summed E-state index contributed by atoms with van der Waals surface area (Å²) in [5, 5.41) is 4.47. The molecule has 0 unspecified atom stereocenters. The Hall–Kier alpha value is -2.56. The molecule has 25 heavy (non-hydrogen) atoms. The number of carbonyl (C=O) groups excluding carboxylic acids is 3. The van der Waals surface area contributed by atoms with Gasteiger partial charge in [-0.25, -0.2) is 18.0 Å². The Morgan fingerprint density at radius 3 is 2.28 bits per heavy atom. The summed E-state index contributed by atoms with van der Waals surface area (Å²) in [6, 6.07) is 3.00. The van der Waals surface area contributed by atoms with Gasteiger partial charge in [0.25, 0.3) is 5.91 Å². The maximum atomic E-state index is 12.4. The first-order valence-corrected chi connectivity index (χ1v) is 8.64. The molecule has 0 aromatic heterocycles. The molecular formula is C14H14F2N2O6S. The third-order valence-corrected chi connectivity index (χ3v) is 4.55. The summed E-state index contributed by atoms with van der Waals surface area (Å²) in [6.07, 6.45) is 1.68. The van der Waals surface area contributed by atoms with Crippen LogP contribution < -0.4 is 10.6 Å². The molecule has 0 spiro atoms. The molecule has 0 heterocycles. The highest BCUT2D eigenvalue weighted by Gasteiger charge is 2.27. The summed E-state index contributed by atoms with van der Waals surface area (Å²) < 4.78 is 52.0. The van der Waals surface area contributed by atoms with Gasteiger partial charge in [-0.15, -0.1) is 0 Å². The number of carbonyl (C=O) groups is 3. The maximum Gasteiger partial charge on any atom is 0.341 e. The van der Waals surface area contributed by atoms with E-state index in [0.29, 0.717) is 0 Å². The smallest absolute Gasteiger partial charge is 0.341 e. The van der Waals surface area contributed by atoms with Gasteiger partial charge < -0.3 is 10.1 Å².